The Morgan fingerprint density at radius 3 is 2.83 bits per heavy atom. The minimum atomic E-state index is -0.0187. The topological polar surface area (TPSA) is 78.9 Å². The third kappa shape index (κ3) is 2.84. The third-order valence-electron chi connectivity index (χ3n) is 2.47. The second kappa shape index (κ2) is 5.14. The van der Waals surface area contributed by atoms with Crippen molar-refractivity contribution in [3.63, 3.8) is 0 Å². The molecule has 6 heteroatoms. The minimum absolute atomic E-state index is 0.0187. The van der Waals surface area contributed by atoms with Gasteiger partial charge in [0, 0.05) is 12.4 Å². The van der Waals surface area contributed by atoms with Gasteiger partial charge in [0.2, 0.25) is 0 Å². The van der Waals surface area contributed by atoms with Crippen LogP contribution in [0.2, 0.25) is 0 Å². The molecule has 0 saturated heterocycles. The highest BCUT2D eigenvalue weighted by Crippen LogP contribution is 2.15. The van der Waals surface area contributed by atoms with Gasteiger partial charge in [0.15, 0.2) is 0 Å². The van der Waals surface area contributed by atoms with Crippen LogP contribution in [0, 0.1) is 12.3 Å². The molecule has 0 radical (unpaired) electrons. The number of hydrogen-bond donors (Lipinski definition) is 2. The van der Waals surface area contributed by atoms with Crippen molar-refractivity contribution in [2.24, 2.45) is 5.73 Å². The maximum absolute atomic E-state index is 7.38. The van der Waals surface area contributed by atoms with Crippen LogP contribution < -0.4 is 10.6 Å². The van der Waals surface area contributed by atoms with E-state index in [1.54, 1.807) is 17.4 Å². The average molecular weight is 261 g/mol. The molecule has 0 spiro atoms. The molecule has 2 heterocycles. The number of thiazole rings is 1. The highest BCUT2D eigenvalue weighted by molar-refractivity contribution is 7.09. The largest absolute Gasteiger partial charge is 0.382 e. The fraction of sp³-hybridized carbons (Fsp3) is 0.250. The Kier molecular flexibility index (Phi) is 3.57. The predicted octanol–water partition coefficient (Wildman–Crippen LogP) is 1.77. The van der Waals surface area contributed by atoms with Gasteiger partial charge in [0.05, 0.1) is 17.2 Å². The van der Waals surface area contributed by atoms with Crippen LogP contribution in [0.25, 0.3) is 0 Å². The van der Waals surface area contributed by atoms with Gasteiger partial charge in [0.25, 0.3) is 0 Å². The van der Waals surface area contributed by atoms with Crippen LogP contribution in [-0.4, -0.2) is 22.9 Å². The van der Waals surface area contributed by atoms with Crippen LogP contribution in [0.4, 0.5) is 5.82 Å². The van der Waals surface area contributed by atoms with Crippen LogP contribution in [0.3, 0.4) is 0 Å². The molecular weight excluding hydrogens is 246 g/mol. The Bertz CT molecular complexity index is 563. The fourth-order valence-corrected chi connectivity index (χ4v) is 2.19. The maximum atomic E-state index is 7.38. The molecule has 2 aromatic rings. The van der Waals surface area contributed by atoms with Crippen LogP contribution in [0.15, 0.2) is 23.6 Å². The second-order valence-electron chi connectivity index (χ2n) is 4.01. The van der Waals surface area contributed by atoms with E-state index in [0.717, 1.165) is 16.5 Å². The number of nitrogens with zero attached hydrogens (tertiary/aromatic N) is 3. The van der Waals surface area contributed by atoms with E-state index in [9.17, 15) is 0 Å². The zero-order valence-corrected chi connectivity index (χ0v) is 11.2. The number of nitrogens with one attached hydrogen (secondary N) is 1. The maximum Gasteiger partial charge on any atom is 0.141 e. The van der Waals surface area contributed by atoms with Crippen molar-refractivity contribution < 1.29 is 0 Å². The standard InChI is InChI=1S/C12H15N5S/c1-8-15-9(7-18-8)6-17(2)11-5-3-4-10(16-11)12(13)14/h3-5,7H,6H2,1-2H3,(H3,13,14). The molecule has 3 N–H and O–H groups in total. The van der Waals surface area contributed by atoms with Crippen LogP contribution >= 0.6 is 11.3 Å². The van der Waals surface area contributed by atoms with E-state index in [-0.39, 0.29) is 5.84 Å². The lowest BCUT2D eigenvalue weighted by molar-refractivity contribution is 0.869. The number of amidine groups is 1. The van der Waals surface area contributed by atoms with Gasteiger partial charge in [-0.3, -0.25) is 5.41 Å². The SMILES string of the molecule is Cc1nc(CN(C)c2cccc(C(=N)N)n2)cs1. The first-order valence-corrected chi connectivity index (χ1v) is 6.38. The van der Waals surface area contributed by atoms with Crippen LogP contribution in [0.1, 0.15) is 16.4 Å². The number of rotatable bonds is 4. The molecule has 0 aliphatic heterocycles. The van der Waals surface area contributed by atoms with Crippen LogP contribution in [0.5, 0.6) is 0 Å². The lowest BCUT2D eigenvalue weighted by Crippen LogP contribution is -2.20. The molecule has 2 aromatic heterocycles. The van der Waals surface area contributed by atoms with E-state index in [1.165, 1.54) is 0 Å². The number of hydrogen-bond acceptors (Lipinski definition) is 5. The summed E-state index contributed by atoms with van der Waals surface area (Å²) in [5.74, 6) is 0.767. The molecule has 0 aliphatic rings. The van der Waals surface area contributed by atoms with Crippen molar-refractivity contribution in [3.8, 4) is 0 Å². The van der Waals surface area contributed by atoms with E-state index >= 15 is 0 Å². The number of aryl methyl sites for hydroxylation is 1. The van der Waals surface area contributed by atoms with Crippen molar-refractivity contribution in [1.82, 2.24) is 9.97 Å². The summed E-state index contributed by atoms with van der Waals surface area (Å²) >= 11 is 1.64. The molecule has 5 nitrogen and oxygen atoms in total. The minimum Gasteiger partial charge on any atom is -0.382 e. The molecule has 0 bridgehead atoms. The molecule has 0 fully saturated rings. The van der Waals surface area contributed by atoms with Gasteiger partial charge in [-0.15, -0.1) is 11.3 Å². The van der Waals surface area contributed by atoms with Crippen molar-refractivity contribution in [3.05, 3.63) is 40.0 Å². The van der Waals surface area contributed by atoms with Crippen molar-refractivity contribution in [2.75, 3.05) is 11.9 Å². The molecule has 18 heavy (non-hydrogen) atoms. The highest BCUT2D eigenvalue weighted by Gasteiger charge is 2.07. The van der Waals surface area contributed by atoms with E-state index in [2.05, 4.69) is 9.97 Å². The Morgan fingerprint density at radius 2 is 2.22 bits per heavy atom. The van der Waals surface area contributed by atoms with Gasteiger partial charge in [-0.05, 0) is 19.1 Å². The summed E-state index contributed by atoms with van der Waals surface area (Å²) < 4.78 is 0. The van der Waals surface area contributed by atoms with Gasteiger partial charge in [-0.1, -0.05) is 6.07 Å². The number of anilines is 1. The zero-order valence-electron chi connectivity index (χ0n) is 10.3. The summed E-state index contributed by atoms with van der Waals surface area (Å²) in [4.78, 5) is 10.7. The Morgan fingerprint density at radius 1 is 1.44 bits per heavy atom. The Labute approximate surface area is 110 Å². The Balaban J connectivity index is 2.15. The number of nitrogen functional groups attached to an aromatic ring is 1. The second-order valence-corrected chi connectivity index (χ2v) is 5.07. The van der Waals surface area contributed by atoms with E-state index < -0.39 is 0 Å². The molecule has 0 saturated carbocycles. The number of aromatic nitrogens is 2. The van der Waals surface area contributed by atoms with Gasteiger partial charge in [-0.2, -0.15) is 0 Å². The summed E-state index contributed by atoms with van der Waals surface area (Å²) in [5, 5.41) is 10.5. The van der Waals surface area contributed by atoms with E-state index in [0.29, 0.717) is 12.2 Å². The summed E-state index contributed by atoms with van der Waals surface area (Å²) in [6.45, 7) is 2.68. The van der Waals surface area contributed by atoms with Gasteiger partial charge in [0.1, 0.15) is 17.3 Å². The Hall–Kier alpha value is -1.95. The lowest BCUT2D eigenvalue weighted by atomic mass is 10.3. The first-order chi connectivity index (χ1) is 8.56. The monoisotopic (exact) mass is 261 g/mol. The van der Waals surface area contributed by atoms with Gasteiger partial charge < -0.3 is 10.6 Å². The molecule has 94 valence electrons. The summed E-state index contributed by atoms with van der Waals surface area (Å²) in [6.07, 6.45) is 0. The number of pyridine rings is 1. The smallest absolute Gasteiger partial charge is 0.141 e. The predicted molar refractivity (Wildman–Crippen MR) is 74.2 cm³/mol. The van der Waals surface area contributed by atoms with Crippen molar-refractivity contribution in [2.45, 2.75) is 13.5 Å². The first-order valence-electron chi connectivity index (χ1n) is 5.50. The molecule has 0 amide bonds. The average Bonchev–Trinajstić information content (AvgIpc) is 2.75. The summed E-state index contributed by atoms with van der Waals surface area (Å²) in [6, 6.07) is 5.47. The lowest BCUT2D eigenvalue weighted by Gasteiger charge is -2.17. The number of nitrogens with two attached hydrogens (primary N) is 1. The normalized spacial score (nSPS) is 10.3. The van der Waals surface area contributed by atoms with Crippen LogP contribution in [-0.2, 0) is 6.54 Å². The molecule has 0 aliphatic carbocycles. The highest BCUT2D eigenvalue weighted by atomic mass is 32.1. The van der Waals surface area contributed by atoms with Gasteiger partial charge >= 0.3 is 0 Å². The molecule has 2 rings (SSSR count). The first kappa shape index (κ1) is 12.5. The fourth-order valence-electron chi connectivity index (χ4n) is 1.59. The molecule has 0 unspecified atom stereocenters. The van der Waals surface area contributed by atoms with E-state index in [1.807, 2.05) is 36.4 Å². The van der Waals surface area contributed by atoms with Gasteiger partial charge in [-0.25, -0.2) is 9.97 Å². The summed E-state index contributed by atoms with van der Waals surface area (Å²) in [5.41, 5.74) is 6.95. The molecule has 0 aromatic carbocycles. The third-order valence-corrected chi connectivity index (χ3v) is 3.29. The quantitative estimate of drug-likeness (QED) is 0.649. The molecule has 0 atom stereocenters. The molecular formula is C12H15N5S. The van der Waals surface area contributed by atoms with E-state index in [4.69, 9.17) is 11.1 Å². The van der Waals surface area contributed by atoms with Crippen molar-refractivity contribution in [1.29, 1.82) is 5.41 Å². The zero-order chi connectivity index (χ0) is 13.1. The van der Waals surface area contributed by atoms with Crippen molar-refractivity contribution >= 4 is 23.0 Å². The summed E-state index contributed by atoms with van der Waals surface area (Å²) in [7, 11) is 1.95.